The van der Waals surface area contributed by atoms with Crippen LogP contribution in [0.5, 0.6) is 0 Å². The number of alkyl halides is 3. The summed E-state index contributed by atoms with van der Waals surface area (Å²) in [5, 5.41) is 2.28. The molecular formula is C4H5F3NS. The van der Waals surface area contributed by atoms with Gasteiger partial charge in [0.15, 0.2) is 0 Å². The Morgan fingerprint density at radius 1 is 1.56 bits per heavy atom. The van der Waals surface area contributed by atoms with Gasteiger partial charge < -0.3 is 0 Å². The highest BCUT2D eigenvalue weighted by Gasteiger charge is 2.41. The van der Waals surface area contributed by atoms with Crippen molar-refractivity contribution < 1.29 is 13.2 Å². The smallest absolute Gasteiger partial charge is 0.296 e. The second kappa shape index (κ2) is 2.38. The van der Waals surface area contributed by atoms with Gasteiger partial charge in [-0.1, -0.05) is 0 Å². The van der Waals surface area contributed by atoms with E-state index < -0.39 is 12.2 Å². The number of rotatable bonds is 0. The van der Waals surface area contributed by atoms with Crippen LogP contribution in [0.4, 0.5) is 13.2 Å². The van der Waals surface area contributed by atoms with Crippen LogP contribution in [0.3, 0.4) is 0 Å². The topological polar surface area (TPSA) is 12.0 Å². The lowest BCUT2D eigenvalue weighted by Gasteiger charge is -2.12. The zero-order valence-corrected chi connectivity index (χ0v) is 5.22. The summed E-state index contributed by atoms with van der Waals surface area (Å²) < 4.78 is 35.0. The largest absolute Gasteiger partial charge is 0.404 e. The van der Waals surface area contributed by atoms with Crippen molar-refractivity contribution in [1.29, 1.82) is 0 Å². The average molecular weight is 156 g/mol. The van der Waals surface area contributed by atoms with Gasteiger partial charge in [0, 0.05) is 11.6 Å². The molecule has 1 aliphatic rings. The summed E-state index contributed by atoms with van der Waals surface area (Å²) in [5.74, 6) is 1.53. The summed E-state index contributed by atoms with van der Waals surface area (Å²) in [4.78, 5) is 0. The molecule has 1 atom stereocenters. The average Bonchev–Trinajstić information content (AvgIpc) is 2.08. The first-order valence-electron chi connectivity index (χ1n) is 2.36. The van der Waals surface area contributed by atoms with Crippen molar-refractivity contribution in [3.05, 3.63) is 5.75 Å². The van der Waals surface area contributed by atoms with Crippen LogP contribution in [0, 0.1) is 5.75 Å². The van der Waals surface area contributed by atoms with Crippen LogP contribution < -0.4 is 5.32 Å². The molecule has 1 radical (unpaired) electrons. The van der Waals surface area contributed by atoms with Crippen molar-refractivity contribution >= 4 is 11.8 Å². The Morgan fingerprint density at radius 2 is 2.22 bits per heavy atom. The summed E-state index contributed by atoms with van der Waals surface area (Å²) in [6.45, 7) is 0. The molecule has 9 heavy (non-hydrogen) atoms. The molecule has 0 aromatic carbocycles. The van der Waals surface area contributed by atoms with E-state index in [1.54, 1.807) is 0 Å². The number of halogens is 3. The molecule has 1 unspecified atom stereocenters. The van der Waals surface area contributed by atoms with Gasteiger partial charge in [-0.25, -0.2) is 0 Å². The van der Waals surface area contributed by atoms with E-state index in [0.29, 0.717) is 5.88 Å². The molecule has 1 fully saturated rings. The SMILES string of the molecule is FC(F)(F)C1[CH]SCN1. The van der Waals surface area contributed by atoms with E-state index in [4.69, 9.17) is 0 Å². The third kappa shape index (κ3) is 1.76. The zero-order chi connectivity index (χ0) is 6.91. The Bertz CT molecular complexity index is 96.5. The van der Waals surface area contributed by atoms with Gasteiger partial charge in [0.1, 0.15) is 6.04 Å². The predicted molar refractivity (Wildman–Crippen MR) is 29.7 cm³/mol. The first-order chi connectivity index (χ1) is 4.11. The van der Waals surface area contributed by atoms with Crippen molar-refractivity contribution in [1.82, 2.24) is 5.32 Å². The summed E-state index contributed by atoms with van der Waals surface area (Å²) in [6, 6.07) is -1.40. The van der Waals surface area contributed by atoms with Gasteiger partial charge in [-0.05, 0) is 0 Å². The molecule has 1 rings (SSSR count). The molecule has 0 saturated carbocycles. The lowest BCUT2D eigenvalue weighted by Crippen LogP contribution is -2.37. The molecular weight excluding hydrogens is 151 g/mol. The third-order valence-corrected chi connectivity index (χ3v) is 1.77. The second-order valence-electron chi connectivity index (χ2n) is 1.67. The molecule has 1 heterocycles. The fourth-order valence-corrected chi connectivity index (χ4v) is 1.34. The van der Waals surface area contributed by atoms with Crippen molar-refractivity contribution in [3.8, 4) is 0 Å². The quantitative estimate of drug-likeness (QED) is 0.568. The molecule has 1 nitrogen and oxygen atoms in total. The monoisotopic (exact) mass is 156 g/mol. The molecule has 1 aliphatic heterocycles. The van der Waals surface area contributed by atoms with Crippen molar-refractivity contribution in [2.45, 2.75) is 12.2 Å². The van der Waals surface area contributed by atoms with E-state index in [0.717, 1.165) is 11.8 Å². The maximum atomic E-state index is 11.7. The second-order valence-corrected chi connectivity index (χ2v) is 2.56. The van der Waals surface area contributed by atoms with Crippen LogP contribution >= 0.6 is 11.8 Å². The molecule has 0 aliphatic carbocycles. The van der Waals surface area contributed by atoms with E-state index >= 15 is 0 Å². The van der Waals surface area contributed by atoms with E-state index in [-0.39, 0.29) is 0 Å². The molecule has 0 aromatic rings. The van der Waals surface area contributed by atoms with Gasteiger partial charge >= 0.3 is 6.18 Å². The zero-order valence-electron chi connectivity index (χ0n) is 4.40. The van der Waals surface area contributed by atoms with Crippen molar-refractivity contribution in [3.63, 3.8) is 0 Å². The lowest BCUT2D eigenvalue weighted by atomic mass is 10.3. The number of hydrogen-bond acceptors (Lipinski definition) is 2. The van der Waals surface area contributed by atoms with Crippen LogP contribution in [0.1, 0.15) is 0 Å². The number of hydrogen-bond donors (Lipinski definition) is 1. The first kappa shape index (κ1) is 7.21. The molecule has 5 heteroatoms. The highest BCUT2D eigenvalue weighted by Crippen LogP contribution is 2.29. The van der Waals surface area contributed by atoms with Gasteiger partial charge in [-0.2, -0.15) is 13.2 Å². The van der Waals surface area contributed by atoms with Crippen LogP contribution in [-0.2, 0) is 0 Å². The normalized spacial score (nSPS) is 29.0. The maximum Gasteiger partial charge on any atom is 0.404 e. The fourth-order valence-electron chi connectivity index (χ4n) is 0.523. The number of thioether (sulfide) groups is 1. The van der Waals surface area contributed by atoms with Crippen LogP contribution in [0.25, 0.3) is 0 Å². The van der Waals surface area contributed by atoms with E-state index in [9.17, 15) is 13.2 Å². The minimum atomic E-state index is -4.11. The molecule has 0 aromatic heterocycles. The Morgan fingerprint density at radius 3 is 2.44 bits per heavy atom. The summed E-state index contributed by atoms with van der Waals surface area (Å²) >= 11 is 1.15. The molecule has 0 spiro atoms. The molecule has 0 amide bonds. The summed E-state index contributed by atoms with van der Waals surface area (Å²) in [5.41, 5.74) is 0. The summed E-state index contributed by atoms with van der Waals surface area (Å²) in [6.07, 6.45) is -4.11. The highest BCUT2D eigenvalue weighted by atomic mass is 32.2. The maximum absolute atomic E-state index is 11.7. The van der Waals surface area contributed by atoms with Gasteiger partial charge in [0.05, 0.1) is 0 Å². The van der Waals surface area contributed by atoms with E-state index in [1.165, 1.54) is 5.75 Å². The minimum Gasteiger partial charge on any atom is -0.296 e. The molecule has 1 saturated heterocycles. The summed E-state index contributed by atoms with van der Waals surface area (Å²) in [7, 11) is 0. The molecule has 0 bridgehead atoms. The highest BCUT2D eigenvalue weighted by molar-refractivity contribution is 8.01. The third-order valence-electron chi connectivity index (χ3n) is 0.972. The van der Waals surface area contributed by atoms with Crippen molar-refractivity contribution in [2.75, 3.05) is 5.88 Å². The Hall–Kier alpha value is 0.1000. The van der Waals surface area contributed by atoms with Gasteiger partial charge in [-0.15, -0.1) is 11.8 Å². The Kier molecular flexibility index (Phi) is 1.91. The molecule has 53 valence electrons. The number of nitrogens with one attached hydrogen (secondary N) is 1. The van der Waals surface area contributed by atoms with E-state index in [2.05, 4.69) is 5.32 Å². The predicted octanol–water partition coefficient (Wildman–Crippen LogP) is 1.37. The fraction of sp³-hybridized carbons (Fsp3) is 0.750. The van der Waals surface area contributed by atoms with Gasteiger partial charge in [-0.3, -0.25) is 5.32 Å². The van der Waals surface area contributed by atoms with Crippen LogP contribution in [0.2, 0.25) is 0 Å². The lowest BCUT2D eigenvalue weighted by molar-refractivity contribution is -0.144. The Labute approximate surface area is 55.0 Å². The Balaban J connectivity index is 2.42. The minimum absolute atomic E-state index is 0.365. The van der Waals surface area contributed by atoms with Crippen LogP contribution in [-0.4, -0.2) is 18.1 Å². The standard InChI is InChI=1S/C4H5F3NS/c5-4(6,7)3-1-9-2-8-3/h1,3,8H,2H2. The van der Waals surface area contributed by atoms with Crippen LogP contribution in [0.15, 0.2) is 0 Å². The van der Waals surface area contributed by atoms with Crippen molar-refractivity contribution in [2.24, 2.45) is 0 Å². The first-order valence-corrected chi connectivity index (χ1v) is 3.40. The van der Waals surface area contributed by atoms with E-state index in [1.807, 2.05) is 0 Å². The van der Waals surface area contributed by atoms with Gasteiger partial charge in [0.2, 0.25) is 0 Å². The van der Waals surface area contributed by atoms with Gasteiger partial charge in [0.25, 0.3) is 0 Å². The molecule has 1 N–H and O–H groups in total.